The van der Waals surface area contributed by atoms with Crippen molar-refractivity contribution in [3.05, 3.63) is 23.8 Å². The molecule has 0 aromatic heterocycles. The molecule has 1 aromatic rings. The molecular weight excluding hydrogens is 268 g/mol. The van der Waals surface area contributed by atoms with Crippen molar-refractivity contribution in [3.63, 3.8) is 0 Å². The van der Waals surface area contributed by atoms with Crippen molar-refractivity contribution in [1.29, 1.82) is 0 Å². The Balaban J connectivity index is 1.98. The number of carbonyl (C=O) groups is 1. The Labute approximate surface area is 125 Å². The number of amides is 1. The van der Waals surface area contributed by atoms with Gasteiger partial charge in [0.2, 0.25) is 0 Å². The number of hydrogen-bond donors (Lipinski definition) is 3. The number of nitrogens with two attached hydrogens (primary N) is 1. The zero-order chi connectivity index (χ0) is 15.7. The number of rotatable bonds is 4. The minimum atomic E-state index is -0.540. The number of phenolic OH excluding ortho intramolecular Hbond substituents is 1. The largest absolute Gasteiger partial charge is 0.508 e. The van der Waals surface area contributed by atoms with Crippen LogP contribution in [0.1, 0.15) is 45.6 Å². The molecule has 5 nitrogen and oxygen atoms in total. The normalized spacial score (nSPS) is 16.4. The molecule has 0 radical (unpaired) electrons. The number of benzene rings is 1. The van der Waals surface area contributed by atoms with Crippen molar-refractivity contribution < 1.29 is 14.6 Å². The molecule has 116 valence electrons. The number of hydrogen-bond acceptors (Lipinski definition) is 4. The Morgan fingerprint density at radius 1 is 1.43 bits per heavy atom. The number of anilines is 1. The molecule has 0 aliphatic heterocycles. The molecule has 1 aliphatic rings. The highest BCUT2D eigenvalue weighted by Crippen LogP contribution is 2.37. The molecule has 0 bridgehead atoms. The lowest BCUT2D eigenvalue weighted by molar-refractivity contribution is 0.0636. The van der Waals surface area contributed by atoms with Gasteiger partial charge in [-0.25, -0.2) is 4.79 Å². The maximum Gasteiger partial charge on any atom is 0.412 e. The van der Waals surface area contributed by atoms with Gasteiger partial charge in [-0.1, -0.05) is 0 Å². The summed E-state index contributed by atoms with van der Waals surface area (Å²) in [4.78, 5) is 11.7. The third-order valence-corrected chi connectivity index (χ3v) is 3.51. The van der Waals surface area contributed by atoms with Crippen LogP contribution in [0.2, 0.25) is 0 Å². The van der Waals surface area contributed by atoms with Gasteiger partial charge in [0.1, 0.15) is 11.4 Å². The van der Waals surface area contributed by atoms with Crippen LogP contribution < -0.4 is 11.1 Å². The summed E-state index contributed by atoms with van der Waals surface area (Å²) >= 11 is 0. The van der Waals surface area contributed by atoms with Gasteiger partial charge in [-0.3, -0.25) is 5.32 Å². The van der Waals surface area contributed by atoms with Gasteiger partial charge in [-0.05, 0) is 70.2 Å². The van der Waals surface area contributed by atoms with Crippen LogP contribution in [0.3, 0.4) is 0 Å². The van der Waals surface area contributed by atoms with Gasteiger partial charge in [0.15, 0.2) is 0 Å². The van der Waals surface area contributed by atoms with Crippen molar-refractivity contribution in [2.45, 2.75) is 57.6 Å². The summed E-state index contributed by atoms with van der Waals surface area (Å²) < 4.78 is 5.20. The molecule has 1 aliphatic carbocycles. The van der Waals surface area contributed by atoms with E-state index in [2.05, 4.69) is 5.32 Å². The standard InChI is InChI=1S/C16H24N2O3/c1-15(2,3)21-14(20)18-12-4-5-13(19)11(10-12)6-7-16(17)8-9-16/h4-5,10,19H,6-9,17H2,1-3H3,(H,18,20). The van der Waals surface area contributed by atoms with Crippen molar-refractivity contribution in [1.82, 2.24) is 0 Å². The van der Waals surface area contributed by atoms with Crippen LogP contribution in [0.25, 0.3) is 0 Å². The number of carbonyl (C=O) groups excluding carboxylic acids is 1. The molecule has 0 atom stereocenters. The number of ether oxygens (including phenoxy) is 1. The average Bonchev–Trinajstić information content (AvgIpc) is 3.06. The Morgan fingerprint density at radius 3 is 2.67 bits per heavy atom. The lowest BCUT2D eigenvalue weighted by Crippen LogP contribution is -2.27. The first kappa shape index (κ1) is 15.6. The Kier molecular flexibility index (Phi) is 4.14. The molecule has 1 saturated carbocycles. The van der Waals surface area contributed by atoms with E-state index in [1.165, 1.54) is 0 Å². The molecule has 21 heavy (non-hydrogen) atoms. The SMILES string of the molecule is CC(C)(C)OC(=O)Nc1ccc(O)c(CCC2(N)CC2)c1. The lowest BCUT2D eigenvalue weighted by Gasteiger charge is -2.20. The average molecular weight is 292 g/mol. The third kappa shape index (κ3) is 4.93. The highest BCUT2D eigenvalue weighted by molar-refractivity contribution is 5.85. The second kappa shape index (κ2) is 5.56. The Bertz CT molecular complexity index is 531. The van der Waals surface area contributed by atoms with E-state index in [9.17, 15) is 9.90 Å². The van der Waals surface area contributed by atoms with E-state index >= 15 is 0 Å². The summed E-state index contributed by atoms with van der Waals surface area (Å²) in [6.07, 6.45) is 3.13. The van der Waals surface area contributed by atoms with Gasteiger partial charge in [-0.2, -0.15) is 0 Å². The monoisotopic (exact) mass is 292 g/mol. The van der Waals surface area contributed by atoms with Crippen LogP contribution in [0, 0.1) is 0 Å². The van der Waals surface area contributed by atoms with E-state index in [1.807, 2.05) is 20.8 Å². The van der Waals surface area contributed by atoms with E-state index in [0.717, 1.165) is 24.8 Å². The fourth-order valence-electron chi connectivity index (χ4n) is 2.08. The molecule has 0 spiro atoms. The van der Waals surface area contributed by atoms with Crippen LogP contribution in [-0.4, -0.2) is 22.3 Å². The fraction of sp³-hybridized carbons (Fsp3) is 0.562. The summed E-state index contributed by atoms with van der Waals surface area (Å²) in [6, 6.07) is 5.00. The maximum atomic E-state index is 11.7. The van der Waals surface area contributed by atoms with Gasteiger partial charge in [-0.15, -0.1) is 0 Å². The van der Waals surface area contributed by atoms with Crippen molar-refractivity contribution >= 4 is 11.8 Å². The van der Waals surface area contributed by atoms with E-state index < -0.39 is 11.7 Å². The molecule has 1 amide bonds. The number of aryl methyl sites for hydroxylation is 1. The summed E-state index contributed by atoms with van der Waals surface area (Å²) in [5.74, 6) is 0.231. The first-order valence-corrected chi connectivity index (χ1v) is 7.28. The topological polar surface area (TPSA) is 84.6 Å². The molecule has 0 saturated heterocycles. The summed E-state index contributed by atoms with van der Waals surface area (Å²) in [5.41, 5.74) is 6.87. The van der Waals surface area contributed by atoms with E-state index in [0.29, 0.717) is 12.1 Å². The first-order valence-electron chi connectivity index (χ1n) is 7.28. The molecule has 0 unspecified atom stereocenters. The predicted octanol–water partition coefficient (Wildman–Crippen LogP) is 3.16. The van der Waals surface area contributed by atoms with Crippen LogP contribution in [-0.2, 0) is 11.2 Å². The van der Waals surface area contributed by atoms with Crippen LogP contribution in [0.4, 0.5) is 10.5 Å². The lowest BCUT2D eigenvalue weighted by atomic mass is 10.0. The Morgan fingerprint density at radius 2 is 2.10 bits per heavy atom. The minimum Gasteiger partial charge on any atom is -0.508 e. The summed E-state index contributed by atoms with van der Waals surface area (Å²) in [6.45, 7) is 5.43. The van der Waals surface area contributed by atoms with E-state index in [1.54, 1.807) is 18.2 Å². The Hall–Kier alpha value is -1.75. The van der Waals surface area contributed by atoms with Gasteiger partial charge >= 0.3 is 6.09 Å². The zero-order valence-electron chi connectivity index (χ0n) is 12.9. The second-order valence-electron chi connectivity index (χ2n) is 6.83. The molecule has 1 fully saturated rings. The number of nitrogens with one attached hydrogen (secondary N) is 1. The molecular formula is C16H24N2O3. The van der Waals surface area contributed by atoms with Gasteiger partial charge in [0.25, 0.3) is 0 Å². The van der Waals surface area contributed by atoms with Gasteiger partial charge < -0.3 is 15.6 Å². The van der Waals surface area contributed by atoms with Crippen LogP contribution >= 0.6 is 0 Å². The second-order valence-corrected chi connectivity index (χ2v) is 6.83. The maximum absolute atomic E-state index is 11.7. The molecule has 5 heteroatoms. The molecule has 4 N–H and O–H groups in total. The minimum absolute atomic E-state index is 0.0545. The predicted molar refractivity (Wildman–Crippen MR) is 82.4 cm³/mol. The number of phenols is 1. The van der Waals surface area contributed by atoms with Crippen molar-refractivity contribution in [3.8, 4) is 5.75 Å². The van der Waals surface area contributed by atoms with E-state index in [-0.39, 0.29) is 11.3 Å². The molecule has 2 rings (SSSR count). The van der Waals surface area contributed by atoms with Gasteiger partial charge in [0, 0.05) is 11.2 Å². The van der Waals surface area contributed by atoms with E-state index in [4.69, 9.17) is 10.5 Å². The van der Waals surface area contributed by atoms with Crippen LogP contribution in [0.5, 0.6) is 5.75 Å². The smallest absolute Gasteiger partial charge is 0.412 e. The quantitative estimate of drug-likeness (QED) is 0.744. The first-order chi connectivity index (χ1) is 9.67. The van der Waals surface area contributed by atoms with Crippen LogP contribution in [0.15, 0.2) is 18.2 Å². The zero-order valence-corrected chi connectivity index (χ0v) is 12.9. The number of aromatic hydroxyl groups is 1. The highest BCUT2D eigenvalue weighted by Gasteiger charge is 2.37. The van der Waals surface area contributed by atoms with Crippen molar-refractivity contribution in [2.24, 2.45) is 5.73 Å². The van der Waals surface area contributed by atoms with Gasteiger partial charge in [0.05, 0.1) is 0 Å². The highest BCUT2D eigenvalue weighted by atomic mass is 16.6. The fourth-order valence-corrected chi connectivity index (χ4v) is 2.08. The van der Waals surface area contributed by atoms with Crippen molar-refractivity contribution in [2.75, 3.05) is 5.32 Å². The molecule has 1 aromatic carbocycles. The summed E-state index contributed by atoms with van der Waals surface area (Å²) in [5, 5.41) is 12.6. The molecule has 0 heterocycles. The third-order valence-electron chi connectivity index (χ3n) is 3.51. The summed E-state index contributed by atoms with van der Waals surface area (Å²) in [7, 11) is 0.